The molecule has 0 bridgehead atoms. The molecule has 0 spiro atoms. The van der Waals surface area contributed by atoms with Gasteiger partial charge in [-0.25, -0.2) is 9.97 Å². The second-order valence-corrected chi connectivity index (χ2v) is 5.36. The number of hydrogen-bond donors (Lipinski definition) is 1. The highest BCUT2D eigenvalue weighted by Crippen LogP contribution is 2.19. The van der Waals surface area contributed by atoms with Crippen LogP contribution in [0.2, 0.25) is 0 Å². The number of pyridine rings is 1. The number of rotatable bonds is 4. The number of aromatic nitrogens is 5. The van der Waals surface area contributed by atoms with Gasteiger partial charge in [0.05, 0.1) is 11.3 Å². The second kappa shape index (κ2) is 6.57. The van der Waals surface area contributed by atoms with Gasteiger partial charge in [0.25, 0.3) is 5.91 Å². The van der Waals surface area contributed by atoms with Crippen molar-refractivity contribution in [2.45, 2.75) is 20.3 Å². The Morgan fingerprint density at radius 1 is 1.21 bits per heavy atom. The van der Waals surface area contributed by atoms with Crippen LogP contribution in [-0.2, 0) is 13.5 Å². The third kappa shape index (κ3) is 3.01. The molecule has 3 heterocycles. The summed E-state index contributed by atoms with van der Waals surface area (Å²) < 4.78 is 1.68. The number of aryl methyl sites for hydroxylation is 2. The van der Waals surface area contributed by atoms with E-state index in [0.717, 1.165) is 17.7 Å². The summed E-state index contributed by atoms with van der Waals surface area (Å²) in [6.45, 7) is 3.98. The number of nitrogens with zero attached hydrogens (tertiary/aromatic N) is 5. The Hall–Kier alpha value is -3.09. The molecule has 0 aromatic carbocycles. The number of carbonyl (C=O) groups excluding carboxylic acids is 1. The van der Waals surface area contributed by atoms with E-state index >= 15 is 0 Å². The average Bonchev–Trinajstić information content (AvgIpc) is 2.90. The molecule has 3 rings (SSSR count). The highest BCUT2D eigenvalue weighted by atomic mass is 16.1. The Balaban J connectivity index is 1.80. The van der Waals surface area contributed by atoms with E-state index in [-0.39, 0.29) is 5.91 Å². The Labute approximate surface area is 139 Å². The van der Waals surface area contributed by atoms with E-state index in [4.69, 9.17) is 0 Å². The first-order chi connectivity index (χ1) is 11.6. The predicted molar refractivity (Wildman–Crippen MR) is 90.5 cm³/mol. The van der Waals surface area contributed by atoms with Crippen molar-refractivity contribution < 1.29 is 4.79 Å². The molecule has 0 aliphatic carbocycles. The average molecular weight is 322 g/mol. The van der Waals surface area contributed by atoms with E-state index < -0.39 is 0 Å². The predicted octanol–water partition coefficient (Wildman–Crippen LogP) is 2.40. The lowest BCUT2D eigenvalue weighted by Gasteiger charge is -2.07. The molecular formula is C17H18N6O. The third-order valence-corrected chi connectivity index (χ3v) is 3.76. The second-order valence-electron chi connectivity index (χ2n) is 5.36. The summed E-state index contributed by atoms with van der Waals surface area (Å²) in [4.78, 5) is 25.0. The van der Waals surface area contributed by atoms with Crippen molar-refractivity contribution in [2.75, 3.05) is 5.32 Å². The van der Waals surface area contributed by atoms with Gasteiger partial charge in [-0.15, -0.1) is 0 Å². The van der Waals surface area contributed by atoms with Crippen LogP contribution in [0.15, 0.2) is 36.8 Å². The largest absolute Gasteiger partial charge is 0.306 e. The molecule has 0 unspecified atom stereocenters. The van der Waals surface area contributed by atoms with E-state index in [1.807, 2.05) is 39.1 Å². The SMILES string of the molecule is CCc1nn(C)c(NC(=O)c2cnc(-c3ccccn3)nc2)c1C. The molecule has 7 heteroatoms. The molecular weight excluding hydrogens is 304 g/mol. The van der Waals surface area contributed by atoms with Crippen molar-refractivity contribution in [1.29, 1.82) is 0 Å². The van der Waals surface area contributed by atoms with Crippen LogP contribution >= 0.6 is 0 Å². The maximum absolute atomic E-state index is 12.4. The highest BCUT2D eigenvalue weighted by Gasteiger charge is 2.15. The number of carbonyl (C=O) groups is 1. The lowest BCUT2D eigenvalue weighted by molar-refractivity contribution is 0.102. The molecule has 0 radical (unpaired) electrons. The molecule has 1 amide bonds. The van der Waals surface area contributed by atoms with Crippen molar-refractivity contribution >= 4 is 11.7 Å². The van der Waals surface area contributed by atoms with Crippen molar-refractivity contribution in [1.82, 2.24) is 24.7 Å². The summed E-state index contributed by atoms with van der Waals surface area (Å²) in [6.07, 6.45) is 5.49. The standard InChI is InChI=1S/C17H18N6O/c1-4-13-11(2)16(23(3)22-13)21-17(24)12-9-19-15(20-10-12)14-7-5-6-8-18-14/h5-10H,4H2,1-3H3,(H,21,24). The number of hydrogen-bond acceptors (Lipinski definition) is 5. The summed E-state index contributed by atoms with van der Waals surface area (Å²) in [5.41, 5.74) is 2.99. The number of nitrogens with one attached hydrogen (secondary N) is 1. The molecule has 7 nitrogen and oxygen atoms in total. The molecule has 122 valence electrons. The van der Waals surface area contributed by atoms with Gasteiger partial charge in [0.1, 0.15) is 11.5 Å². The third-order valence-electron chi connectivity index (χ3n) is 3.76. The quantitative estimate of drug-likeness (QED) is 0.797. The van der Waals surface area contributed by atoms with Gasteiger partial charge in [-0.3, -0.25) is 14.5 Å². The van der Waals surface area contributed by atoms with Crippen molar-refractivity contribution in [3.63, 3.8) is 0 Å². The lowest BCUT2D eigenvalue weighted by atomic mass is 10.2. The first kappa shape index (κ1) is 15.8. The maximum atomic E-state index is 12.4. The zero-order valence-corrected chi connectivity index (χ0v) is 13.8. The smallest absolute Gasteiger partial charge is 0.259 e. The summed E-state index contributed by atoms with van der Waals surface area (Å²) in [5, 5.41) is 7.27. The summed E-state index contributed by atoms with van der Waals surface area (Å²) in [5.74, 6) is 0.902. The van der Waals surface area contributed by atoms with Crippen LogP contribution in [0.5, 0.6) is 0 Å². The molecule has 24 heavy (non-hydrogen) atoms. The van der Waals surface area contributed by atoms with Gasteiger partial charge >= 0.3 is 0 Å². The van der Waals surface area contributed by atoms with Gasteiger partial charge in [-0.1, -0.05) is 13.0 Å². The van der Waals surface area contributed by atoms with E-state index in [0.29, 0.717) is 22.9 Å². The van der Waals surface area contributed by atoms with Crippen LogP contribution < -0.4 is 5.32 Å². The van der Waals surface area contributed by atoms with Crippen molar-refractivity contribution in [3.8, 4) is 11.5 Å². The van der Waals surface area contributed by atoms with E-state index in [1.54, 1.807) is 10.9 Å². The van der Waals surface area contributed by atoms with Crippen LogP contribution in [0.4, 0.5) is 5.82 Å². The first-order valence-corrected chi connectivity index (χ1v) is 7.67. The summed E-state index contributed by atoms with van der Waals surface area (Å²) in [6, 6.07) is 5.51. The van der Waals surface area contributed by atoms with Gasteiger partial charge in [0, 0.05) is 31.2 Å². The topological polar surface area (TPSA) is 85.6 Å². The fourth-order valence-electron chi connectivity index (χ4n) is 2.45. The Morgan fingerprint density at radius 3 is 2.54 bits per heavy atom. The minimum atomic E-state index is -0.267. The molecule has 3 aromatic heterocycles. The summed E-state index contributed by atoms with van der Waals surface area (Å²) >= 11 is 0. The fourth-order valence-corrected chi connectivity index (χ4v) is 2.45. The van der Waals surface area contributed by atoms with Gasteiger partial charge in [-0.05, 0) is 25.5 Å². The molecule has 0 fully saturated rings. The highest BCUT2D eigenvalue weighted by molar-refractivity contribution is 6.03. The van der Waals surface area contributed by atoms with Crippen LogP contribution in [0.3, 0.4) is 0 Å². The van der Waals surface area contributed by atoms with Crippen LogP contribution in [0.1, 0.15) is 28.5 Å². The normalized spacial score (nSPS) is 10.6. The molecule has 0 atom stereocenters. The zero-order chi connectivity index (χ0) is 17.1. The van der Waals surface area contributed by atoms with Gasteiger partial charge in [-0.2, -0.15) is 5.10 Å². The zero-order valence-electron chi connectivity index (χ0n) is 13.8. The van der Waals surface area contributed by atoms with Gasteiger partial charge in [0.15, 0.2) is 5.82 Å². The monoisotopic (exact) mass is 322 g/mol. The summed E-state index contributed by atoms with van der Waals surface area (Å²) in [7, 11) is 1.81. The van der Waals surface area contributed by atoms with Crippen LogP contribution in [-0.4, -0.2) is 30.6 Å². The minimum Gasteiger partial charge on any atom is -0.306 e. The number of anilines is 1. The van der Waals surface area contributed by atoms with Gasteiger partial charge in [0.2, 0.25) is 0 Å². The molecule has 0 aliphatic heterocycles. The Bertz CT molecular complexity index is 855. The lowest BCUT2D eigenvalue weighted by Crippen LogP contribution is -2.16. The Morgan fingerprint density at radius 2 is 1.96 bits per heavy atom. The van der Waals surface area contributed by atoms with Crippen LogP contribution in [0, 0.1) is 6.92 Å². The first-order valence-electron chi connectivity index (χ1n) is 7.67. The van der Waals surface area contributed by atoms with Crippen LogP contribution in [0.25, 0.3) is 11.5 Å². The van der Waals surface area contributed by atoms with E-state index in [2.05, 4.69) is 25.4 Å². The van der Waals surface area contributed by atoms with Crippen molar-refractivity contribution in [2.24, 2.45) is 7.05 Å². The molecule has 3 aromatic rings. The molecule has 0 saturated heterocycles. The maximum Gasteiger partial charge on any atom is 0.259 e. The molecule has 0 saturated carbocycles. The van der Waals surface area contributed by atoms with Crippen molar-refractivity contribution in [3.05, 3.63) is 53.6 Å². The fraction of sp³-hybridized carbons (Fsp3) is 0.235. The van der Waals surface area contributed by atoms with E-state index in [9.17, 15) is 4.79 Å². The van der Waals surface area contributed by atoms with E-state index in [1.165, 1.54) is 12.4 Å². The van der Waals surface area contributed by atoms with Gasteiger partial charge < -0.3 is 5.32 Å². The molecule has 0 aliphatic rings. The number of amides is 1. The minimum absolute atomic E-state index is 0.267. The Kier molecular flexibility index (Phi) is 4.33. The molecule has 1 N–H and O–H groups in total.